The predicted octanol–water partition coefficient (Wildman–Crippen LogP) is 1.37. The van der Waals surface area contributed by atoms with Gasteiger partial charge in [-0.25, -0.2) is 4.79 Å². The number of piperidine rings is 1. The Morgan fingerprint density at radius 3 is 2.64 bits per heavy atom. The first-order valence-electron chi connectivity index (χ1n) is 4.51. The van der Waals surface area contributed by atoms with Crippen LogP contribution in [0, 0.1) is 5.92 Å². The van der Waals surface area contributed by atoms with Crippen LogP contribution in [-0.2, 0) is 4.74 Å². The monoisotopic (exact) mass is 207 g/mol. The zero-order valence-corrected chi connectivity index (χ0v) is 7.40. The van der Waals surface area contributed by atoms with Crippen LogP contribution in [0.25, 0.3) is 0 Å². The number of rotatable bonds is 2. The lowest BCUT2D eigenvalue weighted by Gasteiger charge is -2.29. The first kappa shape index (κ1) is 9.64. The molecule has 80 valence electrons. The topological polar surface area (TPSA) is 49.8 Å². The summed E-state index contributed by atoms with van der Waals surface area (Å²) in [5, 5.41) is 8.74. The van der Waals surface area contributed by atoms with Crippen molar-refractivity contribution in [3.8, 4) is 0 Å². The molecule has 1 amide bonds. The first-order chi connectivity index (χ1) is 6.58. The standard InChI is InChI=1S/C8H11F2NO3/c9-7(10)14-6-2-5-1-4(6)3-11(5)8(12)13/h4-7H,1-3H2,(H,12,13). The van der Waals surface area contributed by atoms with E-state index in [4.69, 9.17) is 5.11 Å². The van der Waals surface area contributed by atoms with Gasteiger partial charge in [0.15, 0.2) is 0 Å². The zero-order chi connectivity index (χ0) is 10.3. The molecule has 0 aromatic rings. The third-order valence-corrected chi connectivity index (χ3v) is 3.00. The van der Waals surface area contributed by atoms with Gasteiger partial charge in [0.25, 0.3) is 0 Å². The van der Waals surface area contributed by atoms with E-state index in [1.54, 1.807) is 0 Å². The molecule has 1 aliphatic heterocycles. The van der Waals surface area contributed by atoms with E-state index < -0.39 is 18.8 Å². The maximum atomic E-state index is 11.9. The summed E-state index contributed by atoms with van der Waals surface area (Å²) in [6, 6.07) is -0.124. The van der Waals surface area contributed by atoms with Crippen molar-refractivity contribution in [3.63, 3.8) is 0 Å². The Hall–Kier alpha value is -0.910. The quantitative estimate of drug-likeness (QED) is 0.743. The molecular formula is C8H11F2NO3. The van der Waals surface area contributed by atoms with Gasteiger partial charge in [0, 0.05) is 18.5 Å². The summed E-state index contributed by atoms with van der Waals surface area (Å²) < 4.78 is 28.2. The van der Waals surface area contributed by atoms with Crippen LogP contribution in [0.3, 0.4) is 0 Å². The van der Waals surface area contributed by atoms with Gasteiger partial charge in [0.1, 0.15) is 0 Å². The normalized spacial score (nSPS) is 35.6. The summed E-state index contributed by atoms with van der Waals surface area (Å²) in [6.45, 7) is -2.42. The number of carbonyl (C=O) groups is 1. The summed E-state index contributed by atoms with van der Waals surface area (Å²) in [6.07, 6.45) is -0.367. The van der Waals surface area contributed by atoms with E-state index in [2.05, 4.69) is 4.74 Å². The molecule has 2 bridgehead atoms. The molecule has 2 fully saturated rings. The Labute approximate surface area is 79.4 Å². The Kier molecular flexibility index (Phi) is 2.30. The molecule has 0 aromatic carbocycles. The molecule has 0 radical (unpaired) electrons. The van der Waals surface area contributed by atoms with Crippen LogP contribution < -0.4 is 0 Å². The number of halogens is 2. The molecule has 1 saturated carbocycles. The fraction of sp³-hybridized carbons (Fsp3) is 0.875. The van der Waals surface area contributed by atoms with Crippen LogP contribution in [0.4, 0.5) is 13.6 Å². The van der Waals surface area contributed by atoms with Crippen LogP contribution >= 0.6 is 0 Å². The van der Waals surface area contributed by atoms with E-state index >= 15 is 0 Å². The molecule has 2 rings (SSSR count). The van der Waals surface area contributed by atoms with Gasteiger partial charge in [-0.2, -0.15) is 8.78 Å². The molecule has 3 atom stereocenters. The molecule has 14 heavy (non-hydrogen) atoms. The van der Waals surface area contributed by atoms with Gasteiger partial charge >= 0.3 is 12.7 Å². The molecule has 1 aliphatic carbocycles. The fourth-order valence-electron chi connectivity index (χ4n) is 2.44. The number of carboxylic acid groups (broad SMARTS) is 1. The second kappa shape index (κ2) is 3.34. The van der Waals surface area contributed by atoms with Gasteiger partial charge < -0.3 is 14.7 Å². The minimum absolute atomic E-state index is 0.0508. The zero-order valence-electron chi connectivity index (χ0n) is 7.40. The molecule has 2 aliphatic rings. The molecule has 4 nitrogen and oxygen atoms in total. The lowest BCUT2D eigenvalue weighted by molar-refractivity contribution is -0.175. The van der Waals surface area contributed by atoms with E-state index in [1.165, 1.54) is 4.90 Å². The van der Waals surface area contributed by atoms with Crippen LogP contribution in [0.15, 0.2) is 0 Å². The van der Waals surface area contributed by atoms with Gasteiger partial charge in [-0.05, 0) is 12.8 Å². The van der Waals surface area contributed by atoms with Crippen molar-refractivity contribution in [1.29, 1.82) is 0 Å². The molecule has 1 heterocycles. The van der Waals surface area contributed by atoms with E-state index in [9.17, 15) is 13.6 Å². The van der Waals surface area contributed by atoms with Gasteiger partial charge in [-0.1, -0.05) is 0 Å². The lowest BCUT2D eigenvalue weighted by atomic mass is 10.1. The molecule has 1 N–H and O–H groups in total. The number of nitrogens with zero attached hydrogens (tertiary/aromatic N) is 1. The van der Waals surface area contributed by atoms with Crippen LogP contribution in [0.1, 0.15) is 12.8 Å². The van der Waals surface area contributed by atoms with E-state index in [0.717, 1.165) is 0 Å². The average Bonchev–Trinajstić information content (AvgIpc) is 2.60. The fourth-order valence-corrected chi connectivity index (χ4v) is 2.44. The van der Waals surface area contributed by atoms with Crippen molar-refractivity contribution in [1.82, 2.24) is 4.90 Å². The highest BCUT2D eigenvalue weighted by Crippen LogP contribution is 2.39. The van der Waals surface area contributed by atoms with Crippen LogP contribution in [-0.4, -0.2) is 41.4 Å². The highest BCUT2D eigenvalue weighted by Gasteiger charge is 2.47. The van der Waals surface area contributed by atoms with E-state index in [0.29, 0.717) is 19.4 Å². The van der Waals surface area contributed by atoms with Gasteiger partial charge in [-0.15, -0.1) is 0 Å². The Balaban J connectivity index is 1.93. The van der Waals surface area contributed by atoms with Crippen molar-refractivity contribution >= 4 is 6.09 Å². The number of hydrogen-bond acceptors (Lipinski definition) is 2. The Morgan fingerprint density at radius 1 is 1.50 bits per heavy atom. The highest BCUT2D eigenvalue weighted by atomic mass is 19.3. The molecule has 6 heteroatoms. The van der Waals surface area contributed by atoms with Crippen molar-refractivity contribution in [2.24, 2.45) is 5.92 Å². The minimum atomic E-state index is -2.75. The third-order valence-electron chi connectivity index (χ3n) is 3.00. The van der Waals surface area contributed by atoms with Crippen LogP contribution in [0.2, 0.25) is 0 Å². The molecule has 3 unspecified atom stereocenters. The summed E-state index contributed by atoms with van der Waals surface area (Å²) in [7, 11) is 0. The number of likely N-dealkylation sites (tertiary alicyclic amines) is 1. The third kappa shape index (κ3) is 1.54. The number of fused-ring (bicyclic) bond motifs is 2. The number of hydrogen-bond donors (Lipinski definition) is 1. The van der Waals surface area contributed by atoms with E-state index in [1.807, 2.05) is 0 Å². The maximum Gasteiger partial charge on any atom is 0.407 e. The smallest absolute Gasteiger partial charge is 0.407 e. The number of ether oxygens (including phenoxy) is 1. The van der Waals surface area contributed by atoms with Gasteiger partial charge in [0.2, 0.25) is 0 Å². The van der Waals surface area contributed by atoms with Crippen molar-refractivity contribution in [3.05, 3.63) is 0 Å². The second-order valence-corrected chi connectivity index (χ2v) is 3.76. The second-order valence-electron chi connectivity index (χ2n) is 3.76. The average molecular weight is 207 g/mol. The van der Waals surface area contributed by atoms with Crippen LogP contribution in [0.5, 0.6) is 0 Å². The van der Waals surface area contributed by atoms with Crippen molar-refractivity contribution < 1.29 is 23.4 Å². The summed E-state index contributed by atoms with van der Waals surface area (Å²) in [4.78, 5) is 12.0. The maximum absolute atomic E-state index is 11.9. The SMILES string of the molecule is O=C(O)N1CC2CC1CC2OC(F)F. The molecule has 0 spiro atoms. The molecular weight excluding hydrogens is 196 g/mol. The summed E-state index contributed by atoms with van der Waals surface area (Å²) >= 11 is 0. The number of alkyl halides is 2. The van der Waals surface area contributed by atoms with Gasteiger partial charge in [-0.3, -0.25) is 0 Å². The van der Waals surface area contributed by atoms with Crippen molar-refractivity contribution in [2.45, 2.75) is 31.6 Å². The predicted molar refractivity (Wildman–Crippen MR) is 42.1 cm³/mol. The van der Waals surface area contributed by atoms with Crippen molar-refractivity contribution in [2.75, 3.05) is 6.54 Å². The lowest BCUT2D eigenvalue weighted by Crippen LogP contribution is -2.41. The van der Waals surface area contributed by atoms with E-state index in [-0.39, 0.29) is 12.0 Å². The highest BCUT2D eigenvalue weighted by molar-refractivity contribution is 5.66. The summed E-state index contributed by atoms with van der Waals surface area (Å²) in [5.41, 5.74) is 0. The van der Waals surface area contributed by atoms with Gasteiger partial charge in [0.05, 0.1) is 6.10 Å². The first-order valence-corrected chi connectivity index (χ1v) is 4.51. The largest absolute Gasteiger partial charge is 0.465 e. The minimum Gasteiger partial charge on any atom is -0.465 e. The Morgan fingerprint density at radius 2 is 2.21 bits per heavy atom. The number of amides is 1. The Bertz CT molecular complexity index is 249. The summed E-state index contributed by atoms with van der Waals surface area (Å²) in [5.74, 6) is -0.0508. The molecule has 0 aromatic heterocycles. The molecule has 1 saturated heterocycles.